The molecular weight excluding hydrogens is 1700 g/mol. The molecule has 4 heterocycles. The van der Waals surface area contributed by atoms with Crippen LogP contribution >= 0.6 is 0 Å². The third-order valence-corrected chi connectivity index (χ3v) is 20.9. The fraction of sp³-hybridized carbons (Fsp3) is 0.593. The van der Waals surface area contributed by atoms with Crippen molar-refractivity contribution in [3.63, 3.8) is 0 Å². The average Bonchev–Trinajstić information content (AvgIpc) is 0.813. The summed E-state index contributed by atoms with van der Waals surface area (Å²) in [5, 5.41) is 37.1. The van der Waals surface area contributed by atoms with Gasteiger partial charge in [-0.15, -0.1) is 0 Å². The number of nitrogens with one attached hydrogen (secondary N) is 8. The first-order chi connectivity index (χ1) is 63.3. The van der Waals surface area contributed by atoms with Crippen LogP contribution in [0.1, 0.15) is 205 Å². The van der Waals surface area contributed by atoms with Crippen molar-refractivity contribution >= 4 is 110 Å². The van der Waals surface area contributed by atoms with E-state index >= 15 is 0 Å². The smallest absolute Gasteiger partial charge is 0.306 e. The molecule has 6 rings (SSSR count). The third kappa shape index (κ3) is 47.7. The molecule has 0 saturated heterocycles. The zero-order valence-corrected chi connectivity index (χ0v) is 75.6. The molecule has 718 valence electrons. The molecule has 0 spiro atoms. The number of aromatic nitrogens is 8. The number of unbranched alkanes of at least 4 members (excludes halogenated alkanes) is 1. The average molecular weight is 1830 g/mol. The molecule has 14 N–H and O–H groups in total. The Kier molecular flexibility index (Phi) is 53.1. The first kappa shape index (κ1) is 108. The number of aliphatic carboxylic acids is 2. The number of carbonyl (C=O) groups is 12. The molecule has 40 nitrogen and oxygen atoms in total. The number of aromatic amines is 2. The Morgan fingerprint density at radius 3 is 1.31 bits per heavy atom. The number of aliphatic imine (C=N–C) groups is 1. The number of rotatable bonds is 76. The number of fused-ring (bicyclic) bond motifs is 2. The Hall–Kier alpha value is -11.5. The number of nitrogen functional groups attached to an aromatic ring is 2. The van der Waals surface area contributed by atoms with Crippen LogP contribution in [-0.2, 0) is 102 Å². The molecule has 4 aromatic heterocycles. The van der Waals surface area contributed by atoms with Crippen molar-refractivity contribution < 1.29 is 96.2 Å². The van der Waals surface area contributed by atoms with E-state index in [2.05, 4.69) is 83.7 Å². The van der Waals surface area contributed by atoms with Crippen LogP contribution < -0.4 is 54.5 Å². The first-order valence-corrected chi connectivity index (χ1v) is 45.3. The number of aryl methyl sites for hydroxylation is 4. The van der Waals surface area contributed by atoms with Crippen LogP contribution in [0.2, 0.25) is 0 Å². The molecule has 6 aromatic rings. The topological polar surface area (TPSA) is 584 Å². The molecule has 0 radical (unpaired) electrons. The van der Waals surface area contributed by atoms with Crippen molar-refractivity contribution in [2.45, 2.75) is 187 Å². The Labute approximate surface area is 761 Å². The zero-order chi connectivity index (χ0) is 94.6. The summed E-state index contributed by atoms with van der Waals surface area (Å²) < 4.78 is 33.8. The van der Waals surface area contributed by atoms with E-state index in [-0.39, 0.29) is 173 Å². The number of anilines is 2. The molecular formula is C91H132N18O22. The molecule has 0 fully saturated rings. The molecule has 40 heteroatoms. The summed E-state index contributed by atoms with van der Waals surface area (Å²) in [5.41, 5.74) is 14.9. The molecule has 2 atom stereocenters. The number of hydrogen-bond acceptors (Lipinski definition) is 31. The molecule has 0 aliphatic carbocycles. The highest BCUT2D eigenvalue weighted by atomic mass is 16.5. The number of carbonyl (C=O) groups excluding carboxylic acids is 10. The van der Waals surface area contributed by atoms with E-state index in [1.807, 2.05) is 4.90 Å². The molecule has 5 amide bonds. The molecule has 0 saturated carbocycles. The number of hydrogen-bond donors (Lipinski definition) is 12. The summed E-state index contributed by atoms with van der Waals surface area (Å²) in [5.74, 6) is -7.06. The summed E-state index contributed by atoms with van der Waals surface area (Å²) in [6.07, 6.45) is 11.1. The number of ether oxygens (including phenoxy) is 6. The largest absolute Gasteiger partial charge is 0.481 e. The standard InChI is InChI=1S/C91H132N18O22/c1-3-36-94-40-33-80(118)97-39-9-48-128-52-56-131-55-51-127-47-8-38-96-77(115)30-15-63(2)100-62-74(112)13-6-12-72(110)11-4-5-46-126-50-54-130-57-53-129-49-10-43-109(44-34-73(111)14-7-37-95-78(116)31-26-68(88(122)123)58-75(113)66-22-16-64(17-23-66)20-28-70-60-101-82-84(103-70)105-90(92)107-86(82)120)45-35-81(119)99-42-41-98-79(117)32-27-69(89(124)125)59-76(114)67-24-18-65(19-25-67)21-29-71-61-102-83-85(104-71)106-91(93)108-87(83)121/h16-19,22-25,60-61,68-69,94H,3-15,20-21,26-59,62H2,1-2H3,(H,95,116)(H,96,115)(H,97,118)(H,98,117)(H,99,119)(H,122,123)(H,124,125)(H3,92,103,105,107,120)(H3,93,104,106,108,121). The number of Topliss-reactive ketones (excluding diaryl/α,β-unsaturated/α-hetero) is 5. The number of carboxylic acid groups (broad SMARTS) is 2. The quantitative estimate of drug-likeness (QED) is 0.0140. The number of amides is 5. The van der Waals surface area contributed by atoms with Crippen LogP contribution in [0, 0.1) is 11.8 Å². The lowest BCUT2D eigenvalue weighted by atomic mass is 9.93. The van der Waals surface area contributed by atoms with E-state index < -0.39 is 58.3 Å². The molecule has 0 aliphatic heterocycles. The van der Waals surface area contributed by atoms with Crippen LogP contribution in [0.15, 0.2) is 75.5 Å². The van der Waals surface area contributed by atoms with Gasteiger partial charge in [0.15, 0.2) is 39.7 Å². The second-order valence-electron chi connectivity index (χ2n) is 31.7. The molecule has 2 aromatic carbocycles. The number of ketones is 5. The highest BCUT2D eigenvalue weighted by molar-refractivity contribution is 5.99. The zero-order valence-electron chi connectivity index (χ0n) is 75.6. The van der Waals surface area contributed by atoms with Gasteiger partial charge in [0, 0.05) is 192 Å². The van der Waals surface area contributed by atoms with Gasteiger partial charge in [-0.05, 0) is 121 Å². The summed E-state index contributed by atoms with van der Waals surface area (Å²) in [6, 6.07) is 13.4. The van der Waals surface area contributed by atoms with Gasteiger partial charge in [-0.2, -0.15) is 9.97 Å². The summed E-state index contributed by atoms with van der Waals surface area (Å²) in [6.45, 7) is 12.7. The van der Waals surface area contributed by atoms with E-state index in [0.29, 0.717) is 230 Å². The van der Waals surface area contributed by atoms with Crippen LogP contribution in [0.3, 0.4) is 0 Å². The Morgan fingerprint density at radius 2 is 0.817 bits per heavy atom. The third-order valence-electron chi connectivity index (χ3n) is 20.9. The van der Waals surface area contributed by atoms with Gasteiger partial charge >= 0.3 is 11.9 Å². The number of benzene rings is 2. The monoisotopic (exact) mass is 1830 g/mol. The minimum absolute atomic E-state index is 0.00478. The van der Waals surface area contributed by atoms with Crippen LogP contribution in [0.4, 0.5) is 11.9 Å². The van der Waals surface area contributed by atoms with E-state index in [1.54, 1.807) is 55.5 Å². The minimum atomic E-state index is -1.23. The van der Waals surface area contributed by atoms with Crippen molar-refractivity contribution in [2.75, 3.05) is 163 Å². The number of nitrogens with zero attached hydrogens (tertiary/aromatic N) is 8. The molecule has 0 aliphatic rings. The van der Waals surface area contributed by atoms with Crippen molar-refractivity contribution in [3.8, 4) is 0 Å². The van der Waals surface area contributed by atoms with Crippen molar-refractivity contribution in [1.29, 1.82) is 0 Å². The highest BCUT2D eigenvalue weighted by Crippen LogP contribution is 2.21. The summed E-state index contributed by atoms with van der Waals surface area (Å²) in [4.78, 5) is 213. The van der Waals surface area contributed by atoms with Gasteiger partial charge in [-0.25, -0.2) is 19.9 Å². The van der Waals surface area contributed by atoms with E-state index in [0.717, 1.165) is 30.5 Å². The van der Waals surface area contributed by atoms with E-state index in [1.165, 1.54) is 12.4 Å². The Morgan fingerprint density at radius 1 is 0.412 bits per heavy atom. The maximum Gasteiger partial charge on any atom is 0.306 e. The second kappa shape index (κ2) is 64.3. The minimum Gasteiger partial charge on any atom is -0.481 e. The van der Waals surface area contributed by atoms with Crippen molar-refractivity contribution in [2.24, 2.45) is 16.8 Å². The molecule has 2 unspecified atom stereocenters. The summed E-state index contributed by atoms with van der Waals surface area (Å²) in [7, 11) is 0. The maximum atomic E-state index is 13.2. The van der Waals surface area contributed by atoms with Crippen molar-refractivity contribution in [1.82, 2.24) is 76.7 Å². The normalized spacial score (nSPS) is 11.9. The SMILES string of the molecule is CCCNCCC(=O)NCCCOCCOCCOCCCNC(=O)CCC(C)=NCC(=O)CCCC(=O)CCCCOCCOCCOCCCN(CCC(=O)CCCNC(=O)CCC(CC(=O)c1ccc(CCc2cnc3c(=O)[nH]c(N)nc3n2)cc1)C(=O)O)CCC(=O)NCCNC(=O)CCC(CC(=O)c1ccc(CCc2cnc3c(=O)[nH]c(N)nc3n2)cc1)C(=O)O. The molecule has 0 bridgehead atoms. The van der Waals surface area contributed by atoms with E-state index in [4.69, 9.17) is 39.9 Å². The number of nitrogens with two attached hydrogens (primary N) is 2. The highest BCUT2D eigenvalue weighted by Gasteiger charge is 2.26. The van der Waals surface area contributed by atoms with E-state index in [9.17, 15) is 77.3 Å². The fourth-order valence-corrected chi connectivity index (χ4v) is 13.3. The first-order valence-electron chi connectivity index (χ1n) is 45.3. The Bertz CT molecular complexity index is 4510. The fourth-order valence-electron chi connectivity index (χ4n) is 13.3. The predicted octanol–water partition coefficient (Wildman–Crippen LogP) is 4.67. The van der Waals surface area contributed by atoms with Gasteiger partial charge in [0.05, 0.1) is 82.6 Å². The lowest BCUT2D eigenvalue weighted by Crippen LogP contribution is -2.37. The van der Waals surface area contributed by atoms with Gasteiger partial charge in [-0.3, -0.25) is 82.1 Å². The lowest BCUT2D eigenvalue weighted by molar-refractivity contribution is -0.143. The van der Waals surface area contributed by atoms with Gasteiger partial charge < -0.3 is 86.9 Å². The predicted molar refractivity (Wildman–Crippen MR) is 487 cm³/mol. The molecule has 131 heavy (non-hydrogen) atoms. The van der Waals surface area contributed by atoms with Gasteiger partial charge in [-0.1, -0.05) is 55.5 Å². The number of carboxylic acids is 2. The maximum absolute atomic E-state index is 13.2. The number of H-pyrrole nitrogens is 2. The van der Waals surface area contributed by atoms with Gasteiger partial charge in [0.25, 0.3) is 11.1 Å². The second-order valence-corrected chi connectivity index (χ2v) is 31.7. The summed E-state index contributed by atoms with van der Waals surface area (Å²) >= 11 is 0. The Balaban J connectivity index is 0.802. The lowest BCUT2D eigenvalue weighted by Gasteiger charge is -2.22. The van der Waals surface area contributed by atoms with Crippen molar-refractivity contribution in [3.05, 3.63) is 115 Å². The van der Waals surface area contributed by atoms with Crippen LogP contribution in [-0.4, -0.2) is 282 Å². The van der Waals surface area contributed by atoms with Gasteiger partial charge in [0.2, 0.25) is 41.4 Å². The van der Waals surface area contributed by atoms with Crippen LogP contribution in [0.5, 0.6) is 0 Å². The van der Waals surface area contributed by atoms with Crippen LogP contribution in [0.25, 0.3) is 22.3 Å². The van der Waals surface area contributed by atoms with Gasteiger partial charge in [0.1, 0.15) is 11.6 Å².